The summed E-state index contributed by atoms with van der Waals surface area (Å²) in [5.74, 6) is -2.25. The Hall–Kier alpha value is -3.58. The summed E-state index contributed by atoms with van der Waals surface area (Å²) in [7, 11) is 2.72. The molecule has 0 amide bonds. The second kappa shape index (κ2) is 8.82. The Morgan fingerprint density at radius 2 is 1.92 bits per heavy atom. The Morgan fingerprint density at radius 3 is 2.58 bits per heavy atom. The van der Waals surface area contributed by atoms with Gasteiger partial charge in [0.2, 0.25) is 11.8 Å². The van der Waals surface area contributed by atoms with E-state index in [1.165, 1.54) is 12.1 Å². The lowest BCUT2D eigenvalue weighted by molar-refractivity contribution is -0.147. The Balaban J connectivity index is 1.71. The van der Waals surface area contributed by atoms with Gasteiger partial charge in [0.05, 0.1) is 19.3 Å². The molecule has 1 atom stereocenters. The summed E-state index contributed by atoms with van der Waals surface area (Å²) in [5, 5.41) is 4.23. The molecule has 1 aliphatic rings. The van der Waals surface area contributed by atoms with Crippen LogP contribution in [0.15, 0.2) is 35.4 Å². The molecule has 1 saturated heterocycles. The van der Waals surface area contributed by atoms with Gasteiger partial charge in [-0.1, -0.05) is 11.6 Å². The molecule has 9 nitrogen and oxygen atoms in total. The van der Waals surface area contributed by atoms with E-state index in [0.29, 0.717) is 11.1 Å². The standard InChI is InChI=1S/C22H18ClF4N7O2/c1-32-9-11(8-28-32)15-10-34(5-6-36-15)21-30-16(13-4-3-12(23)7-14(13)24)17-18(31-21)19(35)33(2)20(29-17)22(25,26)27/h3-4,7-9,15H,5-6,10H2,1-2H3. The second-order valence-electron chi connectivity index (χ2n) is 8.24. The summed E-state index contributed by atoms with van der Waals surface area (Å²) in [6, 6.07) is 3.64. The quantitative estimate of drug-likeness (QED) is 0.380. The molecule has 0 saturated carbocycles. The molecule has 0 N–H and O–H groups in total. The van der Waals surface area contributed by atoms with Crippen LogP contribution >= 0.6 is 11.6 Å². The van der Waals surface area contributed by atoms with Gasteiger partial charge in [-0.05, 0) is 18.2 Å². The Labute approximate surface area is 205 Å². The van der Waals surface area contributed by atoms with Crippen LogP contribution in [0.3, 0.4) is 0 Å². The molecule has 1 unspecified atom stereocenters. The van der Waals surface area contributed by atoms with Crippen LogP contribution in [-0.2, 0) is 25.0 Å². The molecular formula is C22H18ClF4N7O2. The van der Waals surface area contributed by atoms with E-state index in [1.54, 1.807) is 29.0 Å². The van der Waals surface area contributed by atoms with Gasteiger partial charge < -0.3 is 9.64 Å². The van der Waals surface area contributed by atoms with Crippen LogP contribution in [0.4, 0.5) is 23.5 Å². The van der Waals surface area contributed by atoms with Crippen LogP contribution in [-0.4, -0.2) is 49.0 Å². The number of anilines is 1. The molecular weight excluding hydrogens is 506 g/mol. The smallest absolute Gasteiger partial charge is 0.370 e. The summed E-state index contributed by atoms with van der Waals surface area (Å²) in [5.41, 5.74) is -1.49. The average Bonchev–Trinajstić information content (AvgIpc) is 3.26. The number of hydrogen-bond acceptors (Lipinski definition) is 7. The number of hydrogen-bond donors (Lipinski definition) is 0. The minimum absolute atomic E-state index is 0.0303. The molecule has 188 valence electrons. The third-order valence-electron chi connectivity index (χ3n) is 5.80. The van der Waals surface area contributed by atoms with Crippen LogP contribution in [0, 0.1) is 5.82 Å². The van der Waals surface area contributed by atoms with Crippen molar-refractivity contribution in [1.82, 2.24) is 29.3 Å². The monoisotopic (exact) mass is 523 g/mol. The van der Waals surface area contributed by atoms with E-state index in [2.05, 4.69) is 20.1 Å². The van der Waals surface area contributed by atoms with Crippen molar-refractivity contribution in [1.29, 1.82) is 0 Å². The fraction of sp³-hybridized carbons (Fsp3) is 0.318. The Kier molecular flexibility index (Phi) is 5.91. The molecule has 14 heteroatoms. The lowest BCUT2D eigenvalue weighted by Gasteiger charge is -2.32. The number of benzene rings is 1. The predicted octanol–water partition coefficient (Wildman–Crippen LogP) is 3.51. The molecule has 3 aromatic heterocycles. The van der Waals surface area contributed by atoms with Gasteiger partial charge in [0.1, 0.15) is 23.1 Å². The zero-order valence-corrected chi connectivity index (χ0v) is 19.7. The summed E-state index contributed by atoms with van der Waals surface area (Å²) in [6.07, 6.45) is -1.88. The third kappa shape index (κ3) is 4.28. The first kappa shape index (κ1) is 24.1. The highest BCUT2D eigenvalue weighted by Crippen LogP contribution is 2.33. The highest BCUT2D eigenvalue weighted by atomic mass is 35.5. The fourth-order valence-corrected chi connectivity index (χ4v) is 4.20. The van der Waals surface area contributed by atoms with E-state index in [9.17, 15) is 22.4 Å². The van der Waals surface area contributed by atoms with Crippen molar-refractivity contribution >= 4 is 28.6 Å². The van der Waals surface area contributed by atoms with E-state index >= 15 is 0 Å². The van der Waals surface area contributed by atoms with Gasteiger partial charge >= 0.3 is 6.18 Å². The topological polar surface area (TPSA) is 91.0 Å². The van der Waals surface area contributed by atoms with Gasteiger partial charge in [-0.2, -0.15) is 18.3 Å². The molecule has 0 spiro atoms. The van der Waals surface area contributed by atoms with E-state index in [-0.39, 0.29) is 40.9 Å². The number of ether oxygens (including phenoxy) is 1. The van der Waals surface area contributed by atoms with Crippen LogP contribution in [0.5, 0.6) is 0 Å². The summed E-state index contributed by atoms with van der Waals surface area (Å²) >= 11 is 5.86. The van der Waals surface area contributed by atoms with Crippen molar-refractivity contribution in [3.63, 3.8) is 0 Å². The number of rotatable bonds is 3. The van der Waals surface area contributed by atoms with Crippen LogP contribution in [0.1, 0.15) is 17.5 Å². The number of morpholine rings is 1. The summed E-state index contributed by atoms with van der Waals surface area (Å²) in [6.45, 7) is 0.891. The molecule has 4 aromatic rings. The number of aromatic nitrogens is 6. The van der Waals surface area contributed by atoms with Gasteiger partial charge in [-0.3, -0.25) is 14.0 Å². The van der Waals surface area contributed by atoms with Crippen LogP contribution in [0.2, 0.25) is 5.02 Å². The molecule has 0 radical (unpaired) electrons. The van der Waals surface area contributed by atoms with Crippen molar-refractivity contribution in [3.8, 4) is 11.3 Å². The Morgan fingerprint density at radius 1 is 1.14 bits per heavy atom. The molecule has 36 heavy (non-hydrogen) atoms. The predicted molar refractivity (Wildman–Crippen MR) is 122 cm³/mol. The number of halogens is 5. The minimum atomic E-state index is -4.93. The fourth-order valence-electron chi connectivity index (χ4n) is 4.04. The van der Waals surface area contributed by atoms with Gasteiger partial charge in [0, 0.05) is 43.0 Å². The lowest BCUT2D eigenvalue weighted by atomic mass is 10.1. The SMILES string of the molecule is Cn1cc(C2CN(c3nc(-c4ccc(Cl)cc4F)c4nc(C(F)(F)F)n(C)c(=O)c4n3)CCO2)cn1. The normalized spacial score (nSPS) is 16.6. The molecule has 1 fully saturated rings. The third-order valence-corrected chi connectivity index (χ3v) is 6.04. The second-order valence-corrected chi connectivity index (χ2v) is 8.68. The van der Waals surface area contributed by atoms with Crippen molar-refractivity contribution in [2.45, 2.75) is 12.3 Å². The highest BCUT2D eigenvalue weighted by molar-refractivity contribution is 6.30. The minimum Gasteiger partial charge on any atom is -0.370 e. The first-order chi connectivity index (χ1) is 17.0. The highest BCUT2D eigenvalue weighted by Gasteiger charge is 2.37. The van der Waals surface area contributed by atoms with E-state index in [0.717, 1.165) is 18.7 Å². The number of nitrogens with zero attached hydrogens (tertiary/aromatic N) is 7. The van der Waals surface area contributed by atoms with Crippen LogP contribution < -0.4 is 10.5 Å². The molecule has 1 aromatic carbocycles. The summed E-state index contributed by atoms with van der Waals surface area (Å²) < 4.78 is 63.6. The first-order valence-electron chi connectivity index (χ1n) is 10.7. The average molecular weight is 524 g/mol. The zero-order chi connectivity index (χ0) is 25.8. The Bertz CT molecular complexity index is 1540. The largest absolute Gasteiger partial charge is 0.449 e. The number of aryl methyl sites for hydroxylation is 1. The molecule has 1 aliphatic heterocycles. The van der Waals surface area contributed by atoms with E-state index < -0.39 is 35.0 Å². The maximum Gasteiger partial charge on any atom is 0.449 e. The van der Waals surface area contributed by atoms with Crippen molar-refractivity contribution < 1.29 is 22.3 Å². The maximum atomic E-state index is 14.9. The zero-order valence-electron chi connectivity index (χ0n) is 18.9. The number of alkyl halides is 3. The molecule has 0 aliphatic carbocycles. The number of fused-ring (bicyclic) bond motifs is 1. The molecule has 5 rings (SSSR count). The maximum absolute atomic E-state index is 14.9. The summed E-state index contributed by atoms with van der Waals surface area (Å²) in [4.78, 5) is 27.0. The van der Waals surface area contributed by atoms with Gasteiger partial charge in [-0.25, -0.2) is 19.3 Å². The van der Waals surface area contributed by atoms with Gasteiger partial charge in [-0.15, -0.1) is 0 Å². The van der Waals surface area contributed by atoms with Crippen molar-refractivity contribution in [2.75, 3.05) is 24.6 Å². The van der Waals surface area contributed by atoms with Crippen LogP contribution in [0.25, 0.3) is 22.3 Å². The van der Waals surface area contributed by atoms with Crippen molar-refractivity contribution in [3.05, 3.63) is 63.2 Å². The van der Waals surface area contributed by atoms with Gasteiger partial charge in [0.15, 0.2) is 5.52 Å². The first-order valence-corrected chi connectivity index (χ1v) is 11.1. The van der Waals surface area contributed by atoms with Crippen molar-refractivity contribution in [2.24, 2.45) is 14.1 Å². The molecule has 0 bridgehead atoms. The molecule has 4 heterocycles. The van der Waals surface area contributed by atoms with E-state index in [4.69, 9.17) is 16.3 Å². The lowest BCUT2D eigenvalue weighted by Crippen LogP contribution is -2.39. The van der Waals surface area contributed by atoms with Gasteiger partial charge in [0.25, 0.3) is 5.56 Å². The van der Waals surface area contributed by atoms with E-state index in [1.807, 2.05) is 0 Å².